The molecule has 1 unspecified atom stereocenters. The van der Waals surface area contributed by atoms with Crippen LogP contribution in [0.2, 0.25) is 0 Å². The van der Waals surface area contributed by atoms with Crippen LogP contribution in [0.4, 0.5) is 10.1 Å². The number of hydrogen-bond acceptors (Lipinski definition) is 2. The molecule has 3 aromatic rings. The minimum absolute atomic E-state index is 0.0808. The maximum atomic E-state index is 13.1. The van der Waals surface area contributed by atoms with Gasteiger partial charge in [-0.1, -0.05) is 18.6 Å². The Balaban J connectivity index is 2.01. The van der Waals surface area contributed by atoms with Gasteiger partial charge in [0.25, 0.3) is 0 Å². The molecular weight excluding hydrogens is 289 g/mol. The highest BCUT2D eigenvalue weighted by molar-refractivity contribution is 5.82. The first kappa shape index (κ1) is 15.3. The van der Waals surface area contributed by atoms with Gasteiger partial charge < -0.3 is 10.3 Å². The third-order valence-corrected chi connectivity index (χ3v) is 3.97. The van der Waals surface area contributed by atoms with Crippen LogP contribution in [0, 0.1) is 5.82 Å². The van der Waals surface area contributed by atoms with Gasteiger partial charge in [-0.25, -0.2) is 4.39 Å². The summed E-state index contributed by atoms with van der Waals surface area (Å²) in [5.74, 6) is -0.239. The number of anilines is 1. The van der Waals surface area contributed by atoms with Gasteiger partial charge in [0.15, 0.2) is 0 Å². The Morgan fingerprint density at radius 3 is 2.78 bits per heavy atom. The molecule has 2 aromatic heterocycles. The third-order valence-electron chi connectivity index (χ3n) is 3.97. The van der Waals surface area contributed by atoms with Gasteiger partial charge in [0.2, 0.25) is 0 Å². The van der Waals surface area contributed by atoms with E-state index in [0.717, 1.165) is 28.7 Å². The highest BCUT2D eigenvalue weighted by Crippen LogP contribution is 2.26. The molecule has 4 heteroatoms. The largest absolute Gasteiger partial charge is 0.373 e. The average Bonchev–Trinajstić information content (AvgIpc) is 3.04. The van der Waals surface area contributed by atoms with Gasteiger partial charge in [0.05, 0.1) is 17.3 Å². The quantitative estimate of drug-likeness (QED) is 0.635. The monoisotopic (exact) mass is 309 g/mol. The molecule has 0 bridgehead atoms. The number of nitrogens with one attached hydrogen (secondary N) is 2. The number of aromatic amines is 1. The van der Waals surface area contributed by atoms with Crippen LogP contribution in [0.5, 0.6) is 0 Å². The molecule has 0 aliphatic carbocycles. The lowest BCUT2D eigenvalue weighted by molar-refractivity contribution is 0.628. The Morgan fingerprint density at radius 1 is 1.26 bits per heavy atom. The van der Waals surface area contributed by atoms with Crippen molar-refractivity contribution < 1.29 is 4.39 Å². The number of nitrogens with zero attached hydrogens (tertiary/aromatic N) is 1. The van der Waals surface area contributed by atoms with Gasteiger partial charge in [-0.15, -0.1) is 0 Å². The van der Waals surface area contributed by atoms with Crippen LogP contribution in [0.25, 0.3) is 10.9 Å². The molecule has 0 saturated carbocycles. The van der Waals surface area contributed by atoms with Gasteiger partial charge in [-0.05, 0) is 49.7 Å². The van der Waals surface area contributed by atoms with E-state index in [1.807, 2.05) is 24.5 Å². The Labute approximate surface area is 135 Å². The molecule has 2 N–H and O–H groups in total. The fourth-order valence-corrected chi connectivity index (χ4v) is 2.56. The van der Waals surface area contributed by atoms with E-state index in [1.165, 1.54) is 17.7 Å². The summed E-state index contributed by atoms with van der Waals surface area (Å²) >= 11 is 0. The number of allylic oxidation sites excluding steroid dienone is 1. The van der Waals surface area contributed by atoms with E-state index in [0.29, 0.717) is 0 Å². The molecule has 0 aliphatic rings. The number of benzene rings is 1. The number of pyridine rings is 1. The van der Waals surface area contributed by atoms with Crippen molar-refractivity contribution >= 4 is 16.6 Å². The van der Waals surface area contributed by atoms with E-state index in [4.69, 9.17) is 0 Å². The molecule has 1 atom stereocenters. The first-order valence-corrected chi connectivity index (χ1v) is 7.78. The number of hydrogen-bond donors (Lipinski definition) is 2. The molecule has 3 nitrogen and oxygen atoms in total. The van der Waals surface area contributed by atoms with E-state index in [1.54, 1.807) is 12.1 Å². The summed E-state index contributed by atoms with van der Waals surface area (Å²) in [6.07, 6.45) is 6.88. The van der Waals surface area contributed by atoms with Gasteiger partial charge in [-0.2, -0.15) is 0 Å². The minimum atomic E-state index is -0.239. The molecule has 118 valence electrons. The van der Waals surface area contributed by atoms with Crippen molar-refractivity contribution in [3.8, 4) is 0 Å². The molecule has 0 amide bonds. The number of fused-ring (bicyclic) bond motifs is 1. The standard InChI is InChI=1S/C19H20FN3/c1-3-13(2)12-17(23-16-6-4-15(20)5-7-16)19-18-14(8-10-21-18)9-11-22-19/h4-12,17,21,23H,3H2,1-2H3. The van der Waals surface area contributed by atoms with Crippen LogP contribution in [-0.2, 0) is 0 Å². The maximum absolute atomic E-state index is 13.1. The zero-order valence-electron chi connectivity index (χ0n) is 13.3. The Bertz CT molecular complexity index is 818. The van der Waals surface area contributed by atoms with Crippen molar-refractivity contribution in [2.45, 2.75) is 26.3 Å². The highest BCUT2D eigenvalue weighted by atomic mass is 19.1. The third kappa shape index (κ3) is 3.42. The van der Waals surface area contributed by atoms with Gasteiger partial charge >= 0.3 is 0 Å². The van der Waals surface area contributed by atoms with Gasteiger partial charge in [0.1, 0.15) is 5.82 Å². The number of aromatic nitrogens is 2. The van der Waals surface area contributed by atoms with Crippen molar-refractivity contribution in [3.05, 3.63) is 72.0 Å². The van der Waals surface area contributed by atoms with Crippen LogP contribution >= 0.6 is 0 Å². The van der Waals surface area contributed by atoms with Crippen LogP contribution in [0.3, 0.4) is 0 Å². The normalized spacial score (nSPS) is 13.3. The molecular formula is C19H20FN3. The second-order valence-electron chi connectivity index (χ2n) is 5.63. The fraction of sp³-hybridized carbons (Fsp3) is 0.211. The lowest BCUT2D eigenvalue weighted by atomic mass is 10.1. The zero-order chi connectivity index (χ0) is 16.2. The molecule has 0 aliphatic heterocycles. The van der Waals surface area contributed by atoms with Crippen molar-refractivity contribution in [2.75, 3.05) is 5.32 Å². The first-order valence-electron chi connectivity index (χ1n) is 7.78. The van der Waals surface area contributed by atoms with Gasteiger partial charge in [-0.3, -0.25) is 4.98 Å². The Morgan fingerprint density at radius 2 is 2.04 bits per heavy atom. The average molecular weight is 309 g/mol. The van der Waals surface area contributed by atoms with Crippen LogP contribution in [0.1, 0.15) is 32.0 Å². The van der Waals surface area contributed by atoms with Crippen molar-refractivity contribution in [3.63, 3.8) is 0 Å². The van der Waals surface area contributed by atoms with E-state index >= 15 is 0 Å². The molecule has 0 radical (unpaired) electrons. The van der Waals surface area contributed by atoms with Crippen LogP contribution in [0.15, 0.2) is 60.4 Å². The molecule has 0 saturated heterocycles. The fourth-order valence-electron chi connectivity index (χ4n) is 2.56. The SMILES string of the molecule is CCC(C)=CC(Nc1ccc(F)cc1)c1nccc2cc[nH]c12. The Hall–Kier alpha value is -2.62. The number of halogens is 1. The van der Waals surface area contributed by atoms with Crippen molar-refractivity contribution in [2.24, 2.45) is 0 Å². The lowest BCUT2D eigenvalue weighted by Gasteiger charge is -2.18. The maximum Gasteiger partial charge on any atom is 0.123 e. The molecule has 1 aromatic carbocycles. The summed E-state index contributed by atoms with van der Waals surface area (Å²) in [4.78, 5) is 7.83. The van der Waals surface area contributed by atoms with Crippen molar-refractivity contribution in [1.29, 1.82) is 0 Å². The van der Waals surface area contributed by atoms with E-state index < -0.39 is 0 Å². The number of H-pyrrole nitrogens is 1. The predicted molar refractivity (Wildman–Crippen MR) is 92.9 cm³/mol. The molecule has 2 heterocycles. The number of rotatable bonds is 5. The van der Waals surface area contributed by atoms with E-state index in [-0.39, 0.29) is 11.9 Å². The molecule has 0 spiro atoms. The van der Waals surface area contributed by atoms with Gasteiger partial charge in [0, 0.05) is 23.5 Å². The van der Waals surface area contributed by atoms with Crippen LogP contribution in [-0.4, -0.2) is 9.97 Å². The topological polar surface area (TPSA) is 40.7 Å². The molecule has 3 rings (SSSR count). The molecule has 23 heavy (non-hydrogen) atoms. The highest BCUT2D eigenvalue weighted by Gasteiger charge is 2.15. The summed E-state index contributed by atoms with van der Waals surface area (Å²) < 4.78 is 13.1. The van der Waals surface area contributed by atoms with Crippen LogP contribution < -0.4 is 5.32 Å². The minimum Gasteiger partial charge on any atom is -0.373 e. The van der Waals surface area contributed by atoms with E-state index in [2.05, 4.69) is 35.2 Å². The zero-order valence-corrected chi connectivity index (χ0v) is 13.3. The lowest BCUT2D eigenvalue weighted by Crippen LogP contribution is -2.11. The van der Waals surface area contributed by atoms with E-state index in [9.17, 15) is 4.39 Å². The predicted octanol–water partition coefficient (Wildman–Crippen LogP) is 5.21. The summed E-state index contributed by atoms with van der Waals surface area (Å²) in [7, 11) is 0. The summed E-state index contributed by atoms with van der Waals surface area (Å²) in [5, 5.41) is 4.57. The smallest absolute Gasteiger partial charge is 0.123 e. The summed E-state index contributed by atoms with van der Waals surface area (Å²) in [5.41, 5.74) is 4.09. The second-order valence-corrected chi connectivity index (χ2v) is 5.63. The molecule has 0 fully saturated rings. The Kier molecular flexibility index (Phi) is 4.42. The summed E-state index contributed by atoms with van der Waals surface area (Å²) in [6, 6.07) is 10.3. The second kappa shape index (κ2) is 6.65. The first-order chi connectivity index (χ1) is 11.2. The summed E-state index contributed by atoms with van der Waals surface area (Å²) in [6.45, 7) is 4.23. The van der Waals surface area contributed by atoms with Crippen molar-refractivity contribution in [1.82, 2.24) is 9.97 Å².